The summed E-state index contributed by atoms with van der Waals surface area (Å²) in [5.41, 5.74) is 0. The van der Waals surface area contributed by atoms with Crippen molar-refractivity contribution in [2.45, 2.75) is 57.5 Å². The van der Waals surface area contributed by atoms with Crippen LogP contribution < -0.4 is 5.32 Å². The molecule has 0 aliphatic carbocycles. The Morgan fingerprint density at radius 2 is 1.83 bits per heavy atom. The van der Waals surface area contributed by atoms with Gasteiger partial charge in [-0.1, -0.05) is 13.3 Å². The summed E-state index contributed by atoms with van der Waals surface area (Å²) >= 11 is 0. The second-order valence-corrected chi connectivity index (χ2v) is 6.02. The molecule has 2 heterocycles. The van der Waals surface area contributed by atoms with Gasteiger partial charge in [0.05, 0.1) is 0 Å². The number of hydrogen-bond donors (Lipinski definition) is 1. The predicted octanol–water partition coefficient (Wildman–Crippen LogP) is 1.93. The van der Waals surface area contributed by atoms with Gasteiger partial charge < -0.3 is 10.2 Å². The highest BCUT2D eigenvalue weighted by Gasteiger charge is 2.30. The molecular weight excluding hydrogens is 222 g/mol. The summed E-state index contributed by atoms with van der Waals surface area (Å²) in [6.07, 6.45) is 8.32. The Labute approximate surface area is 113 Å². The molecule has 2 aliphatic heterocycles. The first-order chi connectivity index (χ1) is 8.85. The maximum atomic E-state index is 3.38. The van der Waals surface area contributed by atoms with Gasteiger partial charge in [0.2, 0.25) is 0 Å². The van der Waals surface area contributed by atoms with Gasteiger partial charge in [-0.3, -0.25) is 4.90 Å². The van der Waals surface area contributed by atoms with E-state index >= 15 is 0 Å². The second kappa shape index (κ2) is 7.46. The number of piperidine rings is 2. The minimum Gasteiger partial charge on any atom is -0.318 e. The normalized spacial score (nSPS) is 28.7. The lowest BCUT2D eigenvalue weighted by Crippen LogP contribution is -2.53. The van der Waals surface area contributed by atoms with E-state index in [0.717, 1.165) is 12.1 Å². The number of nitrogens with zero attached hydrogens (tertiary/aromatic N) is 2. The van der Waals surface area contributed by atoms with Crippen LogP contribution in [0.15, 0.2) is 0 Å². The van der Waals surface area contributed by atoms with Crippen molar-refractivity contribution in [3.63, 3.8) is 0 Å². The highest BCUT2D eigenvalue weighted by atomic mass is 15.2. The van der Waals surface area contributed by atoms with Crippen molar-refractivity contribution in [1.29, 1.82) is 0 Å². The molecule has 1 N–H and O–H groups in total. The van der Waals surface area contributed by atoms with Crippen LogP contribution in [0.5, 0.6) is 0 Å². The fourth-order valence-corrected chi connectivity index (χ4v) is 3.75. The van der Waals surface area contributed by atoms with E-state index in [1.165, 1.54) is 71.2 Å². The number of nitrogens with one attached hydrogen (secondary N) is 1. The Kier molecular flexibility index (Phi) is 5.93. The Balaban J connectivity index is 1.82. The van der Waals surface area contributed by atoms with Crippen molar-refractivity contribution in [1.82, 2.24) is 15.1 Å². The van der Waals surface area contributed by atoms with Gasteiger partial charge in [-0.15, -0.1) is 0 Å². The molecule has 0 amide bonds. The minimum atomic E-state index is 0.798. The van der Waals surface area contributed by atoms with Crippen LogP contribution in [-0.4, -0.2) is 61.7 Å². The minimum absolute atomic E-state index is 0.798. The lowest BCUT2D eigenvalue weighted by Gasteiger charge is -2.44. The third-order valence-corrected chi connectivity index (χ3v) is 4.68. The van der Waals surface area contributed by atoms with Gasteiger partial charge in [-0.2, -0.15) is 0 Å². The van der Waals surface area contributed by atoms with Gasteiger partial charge in [0.25, 0.3) is 0 Å². The first kappa shape index (κ1) is 14.3. The summed E-state index contributed by atoms with van der Waals surface area (Å²) in [6.45, 7) is 8.74. The van der Waals surface area contributed by atoms with Crippen molar-refractivity contribution >= 4 is 0 Å². The van der Waals surface area contributed by atoms with Crippen molar-refractivity contribution in [3.05, 3.63) is 0 Å². The molecule has 106 valence electrons. The van der Waals surface area contributed by atoms with E-state index in [-0.39, 0.29) is 0 Å². The molecular formula is C15H31N3. The van der Waals surface area contributed by atoms with Gasteiger partial charge in [0.1, 0.15) is 0 Å². The summed E-state index contributed by atoms with van der Waals surface area (Å²) in [6, 6.07) is 1.66. The quantitative estimate of drug-likeness (QED) is 0.808. The summed E-state index contributed by atoms with van der Waals surface area (Å²) in [4.78, 5) is 5.47. The number of hydrogen-bond acceptors (Lipinski definition) is 3. The molecule has 2 aliphatic rings. The zero-order valence-electron chi connectivity index (χ0n) is 12.3. The molecule has 0 aromatic rings. The maximum absolute atomic E-state index is 3.38. The van der Waals surface area contributed by atoms with E-state index in [1.807, 2.05) is 0 Å². The largest absolute Gasteiger partial charge is 0.318 e. The monoisotopic (exact) mass is 253 g/mol. The summed E-state index contributed by atoms with van der Waals surface area (Å²) < 4.78 is 0. The molecule has 1 unspecified atom stereocenters. The van der Waals surface area contributed by atoms with E-state index in [2.05, 4.69) is 29.1 Å². The topological polar surface area (TPSA) is 18.5 Å². The van der Waals surface area contributed by atoms with E-state index < -0.39 is 0 Å². The third-order valence-electron chi connectivity index (χ3n) is 4.68. The Bertz CT molecular complexity index is 222. The van der Waals surface area contributed by atoms with Gasteiger partial charge in [0.15, 0.2) is 0 Å². The van der Waals surface area contributed by atoms with Crippen molar-refractivity contribution in [2.24, 2.45) is 0 Å². The standard InChI is InChI=1S/C15H31N3/c1-3-9-17-11-7-14(8-12-17)18-10-5-4-6-15(18)13-16-2/h14-16H,3-13H2,1-2H3. The first-order valence-electron chi connectivity index (χ1n) is 7.97. The van der Waals surface area contributed by atoms with E-state index in [4.69, 9.17) is 0 Å². The molecule has 18 heavy (non-hydrogen) atoms. The highest BCUT2D eigenvalue weighted by Crippen LogP contribution is 2.25. The lowest BCUT2D eigenvalue weighted by atomic mass is 9.95. The summed E-state index contributed by atoms with van der Waals surface area (Å²) in [7, 11) is 2.09. The lowest BCUT2D eigenvalue weighted by molar-refractivity contribution is 0.0510. The van der Waals surface area contributed by atoms with Gasteiger partial charge in [0, 0.05) is 18.6 Å². The number of likely N-dealkylation sites (tertiary alicyclic amines) is 2. The van der Waals surface area contributed by atoms with E-state index in [1.54, 1.807) is 0 Å². The molecule has 0 aromatic heterocycles. The van der Waals surface area contributed by atoms with Gasteiger partial charge in [-0.05, 0) is 65.3 Å². The number of rotatable bonds is 5. The molecule has 0 saturated carbocycles. The van der Waals surface area contributed by atoms with Crippen molar-refractivity contribution in [3.8, 4) is 0 Å². The molecule has 0 radical (unpaired) electrons. The molecule has 3 nitrogen and oxygen atoms in total. The van der Waals surface area contributed by atoms with Crippen molar-refractivity contribution < 1.29 is 0 Å². The fraction of sp³-hybridized carbons (Fsp3) is 1.00. The molecule has 0 aromatic carbocycles. The SMILES string of the molecule is CCCN1CCC(N2CCCCC2CNC)CC1. The van der Waals surface area contributed by atoms with Crippen LogP contribution >= 0.6 is 0 Å². The van der Waals surface area contributed by atoms with Crippen LogP contribution in [-0.2, 0) is 0 Å². The smallest absolute Gasteiger partial charge is 0.0223 e. The van der Waals surface area contributed by atoms with Crippen LogP contribution in [0.4, 0.5) is 0 Å². The molecule has 0 bridgehead atoms. The average molecular weight is 253 g/mol. The average Bonchev–Trinajstić information content (AvgIpc) is 2.41. The molecule has 2 saturated heterocycles. The molecule has 1 atom stereocenters. The van der Waals surface area contributed by atoms with Crippen LogP contribution in [0.2, 0.25) is 0 Å². The van der Waals surface area contributed by atoms with E-state index in [9.17, 15) is 0 Å². The van der Waals surface area contributed by atoms with Crippen LogP contribution in [0.3, 0.4) is 0 Å². The zero-order valence-corrected chi connectivity index (χ0v) is 12.3. The van der Waals surface area contributed by atoms with Crippen LogP contribution in [0.25, 0.3) is 0 Å². The Morgan fingerprint density at radius 1 is 1.06 bits per heavy atom. The maximum Gasteiger partial charge on any atom is 0.0223 e. The van der Waals surface area contributed by atoms with Gasteiger partial charge >= 0.3 is 0 Å². The second-order valence-electron chi connectivity index (χ2n) is 6.02. The summed E-state index contributed by atoms with van der Waals surface area (Å²) in [5.74, 6) is 0. The zero-order chi connectivity index (χ0) is 12.8. The van der Waals surface area contributed by atoms with Crippen LogP contribution in [0.1, 0.15) is 45.4 Å². The number of likely N-dealkylation sites (N-methyl/N-ethyl adjacent to an activating group) is 1. The fourth-order valence-electron chi connectivity index (χ4n) is 3.75. The molecule has 3 heteroatoms. The van der Waals surface area contributed by atoms with Gasteiger partial charge in [-0.25, -0.2) is 0 Å². The van der Waals surface area contributed by atoms with Crippen molar-refractivity contribution in [2.75, 3.05) is 39.8 Å². The molecule has 2 fully saturated rings. The molecule has 2 rings (SSSR count). The third kappa shape index (κ3) is 3.69. The van der Waals surface area contributed by atoms with Crippen LogP contribution in [0, 0.1) is 0 Å². The Hall–Kier alpha value is -0.120. The summed E-state index contributed by atoms with van der Waals surface area (Å²) in [5, 5.41) is 3.38. The predicted molar refractivity (Wildman–Crippen MR) is 78.0 cm³/mol. The molecule has 0 spiro atoms. The van der Waals surface area contributed by atoms with E-state index in [0.29, 0.717) is 0 Å². The Morgan fingerprint density at radius 3 is 2.50 bits per heavy atom. The first-order valence-corrected chi connectivity index (χ1v) is 7.97. The highest BCUT2D eigenvalue weighted by molar-refractivity contribution is 4.87.